The van der Waals surface area contributed by atoms with E-state index in [0.29, 0.717) is 32.7 Å². The Hall–Kier alpha value is -2.50. The second-order valence-electron chi connectivity index (χ2n) is 8.52. The fourth-order valence-corrected chi connectivity index (χ4v) is 3.46. The normalized spacial score (nSPS) is 15.7. The number of carbonyl (C=O) groups is 2. The molecule has 1 aromatic carbocycles. The standard InChI is InChI=1S/C21H30N4O2/c1-21(2,3)15-22-20(27)25-11-7-10-24(12-13-25)19(26)17-14-23(4)18-9-6-5-8-16(17)18/h5-6,8-9,14H,7,10-13,15H2,1-4H3,(H,22,27). The Labute approximate surface area is 161 Å². The van der Waals surface area contributed by atoms with Gasteiger partial charge in [-0.25, -0.2) is 4.79 Å². The summed E-state index contributed by atoms with van der Waals surface area (Å²) in [6.07, 6.45) is 2.70. The van der Waals surface area contributed by atoms with Crippen molar-refractivity contribution in [2.45, 2.75) is 27.2 Å². The van der Waals surface area contributed by atoms with Gasteiger partial charge in [0.15, 0.2) is 0 Å². The molecule has 1 aliphatic rings. The van der Waals surface area contributed by atoms with Gasteiger partial charge in [0.1, 0.15) is 0 Å². The summed E-state index contributed by atoms with van der Waals surface area (Å²) in [4.78, 5) is 29.2. The van der Waals surface area contributed by atoms with E-state index in [1.54, 1.807) is 0 Å². The number of hydrogen-bond acceptors (Lipinski definition) is 2. The van der Waals surface area contributed by atoms with Crippen LogP contribution in [0.1, 0.15) is 37.6 Å². The van der Waals surface area contributed by atoms with Crippen molar-refractivity contribution >= 4 is 22.8 Å². The van der Waals surface area contributed by atoms with E-state index in [-0.39, 0.29) is 17.4 Å². The summed E-state index contributed by atoms with van der Waals surface area (Å²) in [5, 5.41) is 3.98. The highest BCUT2D eigenvalue weighted by Gasteiger charge is 2.25. The second kappa shape index (κ2) is 7.62. The lowest BCUT2D eigenvalue weighted by molar-refractivity contribution is 0.0764. The number of hydrogen-bond donors (Lipinski definition) is 1. The molecule has 27 heavy (non-hydrogen) atoms. The molecule has 1 N–H and O–H groups in total. The number of carbonyl (C=O) groups excluding carboxylic acids is 2. The van der Waals surface area contributed by atoms with E-state index in [1.807, 2.05) is 51.9 Å². The van der Waals surface area contributed by atoms with Gasteiger partial charge in [0.05, 0.1) is 5.56 Å². The molecule has 1 aliphatic heterocycles. The van der Waals surface area contributed by atoms with E-state index in [4.69, 9.17) is 0 Å². The minimum absolute atomic E-state index is 0.0376. The van der Waals surface area contributed by atoms with Crippen molar-refractivity contribution in [2.75, 3.05) is 32.7 Å². The highest BCUT2D eigenvalue weighted by atomic mass is 16.2. The maximum Gasteiger partial charge on any atom is 0.317 e. The molecule has 3 amide bonds. The zero-order valence-corrected chi connectivity index (χ0v) is 16.8. The largest absolute Gasteiger partial charge is 0.350 e. The quantitative estimate of drug-likeness (QED) is 0.883. The van der Waals surface area contributed by atoms with Crippen LogP contribution in [0.4, 0.5) is 4.79 Å². The first-order chi connectivity index (χ1) is 12.8. The van der Waals surface area contributed by atoms with Gasteiger partial charge in [0.25, 0.3) is 5.91 Å². The van der Waals surface area contributed by atoms with E-state index >= 15 is 0 Å². The molecule has 3 rings (SSSR count). The lowest BCUT2D eigenvalue weighted by Gasteiger charge is -2.25. The molecular weight excluding hydrogens is 340 g/mol. The third kappa shape index (κ3) is 4.43. The predicted octanol–water partition coefficient (Wildman–Crippen LogP) is 3.08. The van der Waals surface area contributed by atoms with Crippen LogP contribution in [0.25, 0.3) is 10.9 Å². The molecule has 1 aromatic heterocycles. The molecule has 2 aromatic rings. The van der Waals surface area contributed by atoms with Crippen LogP contribution >= 0.6 is 0 Å². The number of rotatable bonds is 2. The number of urea groups is 1. The molecule has 6 nitrogen and oxygen atoms in total. The van der Waals surface area contributed by atoms with Gasteiger partial charge in [-0.1, -0.05) is 39.0 Å². The SMILES string of the molecule is Cn1cc(C(=O)N2CCCN(C(=O)NCC(C)(C)C)CC2)c2ccccc21. The average molecular weight is 370 g/mol. The summed E-state index contributed by atoms with van der Waals surface area (Å²) in [6, 6.07) is 7.92. The number of nitrogens with zero attached hydrogens (tertiary/aromatic N) is 3. The van der Waals surface area contributed by atoms with Crippen LogP contribution in [-0.4, -0.2) is 59.0 Å². The monoisotopic (exact) mass is 370 g/mol. The first-order valence-corrected chi connectivity index (χ1v) is 9.62. The molecule has 0 bridgehead atoms. The highest BCUT2D eigenvalue weighted by molar-refractivity contribution is 6.07. The van der Waals surface area contributed by atoms with Crippen LogP contribution in [0.15, 0.2) is 30.5 Å². The molecule has 0 aliphatic carbocycles. The third-order valence-corrected chi connectivity index (χ3v) is 4.97. The van der Waals surface area contributed by atoms with Crippen molar-refractivity contribution in [3.05, 3.63) is 36.0 Å². The van der Waals surface area contributed by atoms with E-state index in [1.165, 1.54) is 0 Å². The smallest absolute Gasteiger partial charge is 0.317 e. The van der Waals surface area contributed by atoms with Gasteiger partial charge in [0, 0.05) is 56.9 Å². The van der Waals surface area contributed by atoms with Gasteiger partial charge in [-0.2, -0.15) is 0 Å². The van der Waals surface area contributed by atoms with Gasteiger partial charge in [0.2, 0.25) is 0 Å². The summed E-state index contributed by atoms with van der Waals surface area (Å²) < 4.78 is 1.99. The van der Waals surface area contributed by atoms with Crippen LogP contribution < -0.4 is 5.32 Å². The minimum Gasteiger partial charge on any atom is -0.350 e. The molecule has 0 atom stereocenters. The number of para-hydroxylation sites is 1. The number of amides is 3. The Morgan fingerprint density at radius 2 is 1.70 bits per heavy atom. The Balaban J connectivity index is 1.67. The Morgan fingerprint density at radius 1 is 1.04 bits per heavy atom. The molecule has 1 fully saturated rings. The van der Waals surface area contributed by atoms with Crippen molar-refractivity contribution < 1.29 is 9.59 Å². The van der Waals surface area contributed by atoms with E-state index < -0.39 is 0 Å². The Bertz CT molecular complexity index is 834. The van der Waals surface area contributed by atoms with Crippen LogP contribution in [0, 0.1) is 5.41 Å². The van der Waals surface area contributed by atoms with Crippen LogP contribution in [0.3, 0.4) is 0 Å². The van der Waals surface area contributed by atoms with Gasteiger partial charge >= 0.3 is 6.03 Å². The fourth-order valence-electron chi connectivity index (χ4n) is 3.46. The predicted molar refractivity (Wildman–Crippen MR) is 108 cm³/mol. The van der Waals surface area contributed by atoms with Crippen molar-refractivity contribution in [3.8, 4) is 0 Å². The molecule has 6 heteroatoms. The number of aromatic nitrogens is 1. The first kappa shape index (κ1) is 19.3. The zero-order valence-electron chi connectivity index (χ0n) is 16.8. The topological polar surface area (TPSA) is 57.6 Å². The van der Waals surface area contributed by atoms with Crippen molar-refractivity contribution in [1.29, 1.82) is 0 Å². The second-order valence-corrected chi connectivity index (χ2v) is 8.52. The molecule has 0 saturated carbocycles. The van der Waals surface area contributed by atoms with Crippen molar-refractivity contribution in [1.82, 2.24) is 19.7 Å². The van der Waals surface area contributed by atoms with Gasteiger partial charge in [-0.05, 0) is 17.9 Å². The Morgan fingerprint density at radius 3 is 2.44 bits per heavy atom. The summed E-state index contributed by atoms with van der Waals surface area (Å²) >= 11 is 0. The van der Waals surface area contributed by atoms with Crippen LogP contribution in [-0.2, 0) is 7.05 Å². The van der Waals surface area contributed by atoms with Gasteiger partial charge in [-0.3, -0.25) is 4.79 Å². The molecule has 0 radical (unpaired) electrons. The van der Waals surface area contributed by atoms with E-state index in [0.717, 1.165) is 22.9 Å². The highest BCUT2D eigenvalue weighted by Crippen LogP contribution is 2.22. The average Bonchev–Trinajstić information content (AvgIpc) is 2.81. The molecular formula is C21H30N4O2. The third-order valence-electron chi connectivity index (χ3n) is 4.97. The first-order valence-electron chi connectivity index (χ1n) is 9.62. The van der Waals surface area contributed by atoms with E-state index in [9.17, 15) is 9.59 Å². The molecule has 2 heterocycles. The van der Waals surface area contributed by atoms with E-state index in [2.05, 4.69) is 26.1 Å². The van der Waals surface area contributed by atoms with Gasteiger partial charge < -0.3 is 19.7 Å². The number of fused-ring (bicyclic) bond motifs is 1. The molecule has 0 spiro atoms. The maximum absolute atomic E-state index is 13.1. The molecule has 146 valence electrons. The Kier molecular flexibility index (Phi) is 5.44. The zero-order chi connectivity index (χ0) is 19.6. The lowest BCUT2D eigenvalue weighted by atomic mass is 9.97. The summed E-state index contributed by atoms with van der Waals surface area (Å²) in [5.74, 6) is 0.0451. The summed E-state index contributed by atoms with van der Waals surface area (Å²) in [7, 11) is 1.96. The fraction of sp³-hybridized carbons (Fsp3) is 0.524. The van der Waals surface area contributed by atoms with Crippen molar-refractivity contribution in [2.24, 2.45) is 12.5 Å². The van der Waals surface area contributed by atoms with Crippen LogP contribution in [0.5, 0.6) is 0 Å². The maximum atomic E-state index is 13.1. The molecule has 1 saturated heterocycles. The molecule has 0 unspecified atom stereocenters. The van der Waals surface area contributed by atoms with Crippen LogP contribution in [0.2, 0.25) is 0 Å². The minimum atomic E-state index is -0.0376. The lowest BCUT2D eigenvalue weighted by Crippen LogP contribution is -2.44. The van der Waals surface area contributed by atoms with Crippen molar-refractivity contribution in [3.63, 3.8) is 0 Å². The number of nitrogens with one attached hydrogen (secondary N) is 1. The van der Waals surface area contributed by atoms with Gasteiger partial charge in [-0.15, -0.1) is 0 Å². The number of aryl methyl sites for hydroxylation is 1. The summed E-state index contributed by atoms with van der Waals surface area (Å²) in [6.45, 7) is 9.40. The number of benzene rings is 1. The summed E-state index contributed by atoms with van der Waals surface area (Å²) in [5.41, 5.74) is 1.84.